The third kappa shape index (κ3) is 6.06. The number of unbranched alkanes of at least 4 members (excludes halogenated alkanes) is 6. The third-order valence-electron chi connectivity index (χ3n) is 4.04. The molecule has 0 aliphatic rings. The van der Waals surface area contributed by atoms with Crippen LogP contribution in [0.5, 0.6) is 0 Å². The van der Waals surface area contributed by atoms with Gasteiger partial charge in [0.15, 0.2) is 0 Å². The summed E-state index contributed by atoms with van der Waals surface area (Å²) in [5.41, 5.74) is 3.21. The highest BCUT2D eigenvalue weighted by molar-refractivity contribution is 6.49. The van der Waals surface area contributed by atoms with Gasteiger partial charge in [-0.15, -0.1) is 0 Å². The van der Waals surface area contributed by atoms with Gasteiger partial charge in [0.05, 0.1) is 6.61 Å². The normalized spacial score (nSPS) is 11.8. The summed E-state index contributed by atoms with van der Waals surface area (Å²) < 4.78 is 5.07. The van der Waals surface area contributed by atoms with Crippen LogP contribution in [-0.2, 0) is 4.74 Å². The number of hydrogen-bond acceptors (Lipinski definition) is 2. The Morgan fingerprint density at radius 3 is 2.43 bits per heavy atom. The first kappa shape index (κ1) is 19.8. The van der Waals surface area contributed by atoms with Gasteiger partial charge < -0.3 is 9.72 Å². The molecule has 0 fully saturated rings. The Morgan fingerprint density at radius 2 is 1.78 bits per heavy atom. The maximum atomic E-state index is 11.9. The van der Waals surface area contributed by atoms with E-state index in [9.17, 15) is 4.79 Å². The molecule has 1 N–H and O–H groups in total. The largest absolute Gasteiger partial charge is 0.461 e. The molecule has 1 rings (SSSR count). The van der Waals surface area contributed by atoms with E-state index in [4.69, 9.17) is 16.3 Å². The maximum absolute atomic E-state index is 11.9. The molecule has 0 amide bonds. The van der Waals surface area contributed by atoms with Gasteiger partial charge in [-0.1, -0.05) is 56.7 Å². The van der Waals surface area contributed by atoms with Crippen molar-refractivity contribution < 1.29 is 9.53 Å². The van der Waals surface area contributed by atoms with E-state index in [2.05, 4.69) is 18.0 Å². The summed E-state index contributed by atoms with van der Waals surface area (Å²) in [7, 11) is 0. The number of carbonyl (C=O) groups is 1. The van der Waals surface area contributed by atoms with Crippen molar-refractivity contribution in [3.63, 3.8) is 0 Å². The van der Waals surface area contributed by atoms with Gasteiger partial charge in [-0.05, 0) is 39.2 Å². The summed E-state index contributed by atoms with van der Waals surface area (Å²) in [6, 6.07) is 0. The van der Waals surface area contributed by atoms with E-state index in [1.807, 2.05) is 13.8 Å². The second-order valence-corrected chi connectivity index (χ2v) is 6.36. The van der Waals surface area contributed by atoms with Crippen molar-refractivity contribution in [1.82, 2.24) is 4.98 Å². The molecular weight excluding hydrogens is 310 g/mol. The lowest BCUT2D eigenvalue weighted by atomic mass is 10.1. The molecule has 23 heavy (non-hydrogen) atoms. The Balaban J connectivity index is 2.63. The SMILES string of the molecule is CCCCCCCC/C=C(\Cl)c1c(C)[nH]c(C(=O)OCC)c1C. The fourth-order valence-electron chi connectivity index (χ4n) is 2.77. The van der Waals surface area contributed by atoms with Gasteiger partial charge in [0, 0.05) is 16.3 Å². The standard InChI is InChI=1S/C19H30ClNO2/c1-5-7-8-9-10-11-12-13-16(20)17-14(3)18(21-15(17)4)19(22)23-6-2/h13,21H,5-12H2,1-4H3/b16-13-. The molecule has 0 saturated heterocycles. The van der Waals surface area contributed by atoms with Gasteiger partial charge in [0.2, 0.25) is 0 Å². The second-order valence-electron chi connectivity index (χ2n) is 5.95. The van der Waals surface area contributed by atoms with E-state index in [1.54, 1.807) is 6.92 Å². The van der Waals surface area contributed by atoms with Gasteiger partial charge in [0.25, 0.3) is 0 Å². The van der Waals surface area contributed by atoms with Crippen LogP contribution in [0.15, 0.2) is 6.08 Å². The van der Waals surface area contributed by atoms with Crippen molar-refractivity contribution in [3.8, 4) is 0 Å². The average molecular weight is 340 g/mol. The van der Waals surface area contributed by atoms with E-state index < -0.39 is 0 Å². The number of allylic oxidation sites excluding steroid dienone is 1. The van der Waals surface area contributed by atoms with Crippen molar-refractivity contribution in [3.05, 3.63) is 28.6 Å². The number of carbonyl (C=O) groups excluding carboxylic acids is 1. The Morgan fingerprint density at radius 1 is 1.13 bits per heavy atom. The molecule has 4 heteroatoms. The van der Waals surface area contributed by atoms with Gasteiger partial charge in [-0.3, -0.25) is 0 Å². The Labute approximate surface area is 145 Å². The number of nitrogens with one attached hydrogen (secondary N) is 1. The number of aromatic nitrogens is 1. The molecule has 0 saturated carbocycles. The molecule has 1 heterocycles. The molecule has 3 nitrogen and oxygen atoms in total. The average Bonchev–Trinajstić information content (AvgIpc) is 2.81. The molecule has 130 valence electrons. The lowest BCUT2D eigenvalue weighted by molar-refractivity contribution is 0.0519. The van der Waals surface area contributed by atoms with Crippen LogP contribution >= 0.6 is 11.6 Å². The van der Waals surface area contributed by atoms with E-state index >= 15 is 0 Å². The molecule has 0 aromatic carbocycles. The summed E-state index contributed by atoms with van der Waals surface area (Å²) in [5, 5.41) is 0.723. The topological polar surface area (TPSA) is 42.1 Å². The zero-order valence-corrected chi connectivity index (χ0v) is 15.7. The van der Waals surface area contributed by atoms with Crippen molar-refractivity contribution >= 4 is 22.6 Å². The highest BCUT2D eigenvalue weighted by Crippen LogP contribution is 2.29. The third-order valence-corrected chi connectivity index (χ3v) is 4.38. The minimum atomic E-state index is -0.320. The summed E-state index contributed by atoms with van der Waals surface area (Å²) in [5.74, 6) is -0.320. The molecule has 0 atom stereocenters. The quantitative estimate of drug-likeness (QED) is 0.411. The van der Waals surface area contributed by atoms with Crippen molar-refractivity contribution in [2.45, 2.75) is 72.6 Å². The minimum absolute atomic E-state index is 0.320. The zero-order chi connectivity index (χ0) is 17.2. The molecule has 0 unspecified atom stereocenters. The Hall–Kier alpha value is -1.22. The van der Waals surface area contributed by atoms with E-state index in [1.165, 1.54) is 32.1 Å². The molecular formula is C19H30ClNO2. The molecule has 0 aliphatic heterocycles. The van der Waals surface area contributed by atoms with Crippen LogP contribution in [0.1, 0.15) is 86.1 Å². The number of H-pyrrole nitrogens is 1. The molecule has 1 aromatic rings. The lowest BCUT2D eigenvalue weighted by Crippen LogP contribution is -2.06. The maximum Gasteiger partial charge on any atom is 0.355 e. The molecule has 0 bridgehead atoms. The summed E-state index contributed by atoms with van der Waals surface area (Å²) in [4.78, 5) is 15.0. The first-order valence-corrected chi connectivity index (χ1v) is 9.13. The Kier molecular flexibility index (Phi) is 9.08. The number of ether oxygens (including phenoxy) is 1. The van der Waals surface area contributed by atoms with Crippen molar-refractivity contribution in [1.29, 1.82) is 0 Å². The van der Waals surface area contributed by atoms with Gasteiger partial charge in [-0.2, -0.15) is 0 Å². The van der Waals surface area contributed by atoms with E-state index in [0.717, 1.165) is 34.7 Å². The highest BCUT2D eigenvalue weighted by Gasteiger charge is 2.19. The molecule has 0 aliphatic carbocycles. The van der Waals surface area contributed by atoms with Crippen LogP contribution in [-0.4, -0.2) is 17.6 Å². The van der Waals surface area contributed by atoms with E-state index in [0.29, 0.717) is 12.3 Å². The van der Waals surface area contributed by atoms with Gasteiger partial charge >= 0.3 is 5.97 Å². The van der Waals surface area contributed by atoms with Crippen molar-refractivity contribution in [2.24, 2.45) is 0 Å². The fourth-order valence-corrected chi connectivity index (χ4v) is 3.16. The summed E-state index contributed by atoms with van der Waals surface area (Å²) in [6.45, 7) is 8.25. The number of aryl methyl sites for hydroxylation is 1. The van der Waals surface area contributed by atoms with Crippen LogP contribution in [0.4, 0.5) is 0 Å². The predicted octanol–water partition coefficient (Wildman–Crippen LogP) is 6.14. The van der Waals surface area contributed by atoms with Gasteiger partial charge in [0.1, 0.15) is 5.69 Å². The number of hydrogen-bond donors (Lipinski definition) is 1. The van der Waals surface area contributed by atoms with Crippen LogP contribution < -0.4 is 0 Å². The number of esters is 1. The monoisotopic (exact) mass is 339 g/mol. The second kappa shape index (κ2) is 10.5. The number of aromatic amines is 1. The summed E-state index contributed by atoms with van der Waals surface area (Å²) >= 11 is 6.46. The minimum Gasteiger partial charge on any atom is -0.461 e. The van der Waals surface area contributed by atoms with Crippen LogP contribution in [0.3, 0.4) is 0 Å². The number of halogens is 1. The van der Waals surface area contributed by atoms with Crippen LogP contribution in [0, 0.1) is 13.8 Å². The first-order valence-electron chi connectivity index (χ1n) is 8.75. The molecule has 0 radical (unpaired) electrons. The van der Waals surface area contributed by atoms with Crippen LogP contribution in [0.25, 0.3) is 5.03 Å². The van der Waals surface area contributed by atoms with E-state index in [-0.39, 0.29) is 5.97 Å². The first-order chi connectivity index (χ1) is 11.0. The number of rotatable bonds is 10. The Bertz CT molecular complexity index is 532. The summed E-state index contributed by atoms with van der Waals surface area (Å²) in [6.07, 6.45) is 10.7. The smallest absolute Gasteiger partial charge is 0.355 e. The van der Waals surface area contributed by atoms with Gasteiger partial charge in [-0.25, -0.2) is 4.79 Å². The zero-order valence-electron chi connectivity index (χ0n) is 14.9. The highest BCUT2D eigenvalue weighted by atomic mass is 35.5. The molecule has 0 spiro atoms. The fraction of sp³-hybridized carbons (Fsp3) is 0.632. The predicted molar refractivity (Wildman–Crippen MR) is 98.0 cm³/mol. The lowest BCUT2D eigenvalue weighted by Gasteiger charge is -2.03. The molecule has 1 aromatic heterocycles. The van der Waals surface area contributed by atoms with Crippen molar-refractivity contribution in [2.75, 3.05) is 6.61 Å². The van der Waals surface area contributed by atoms with Crippen LogP contribution in [0.2, 0.25) is 0 Å².